The standard InChI is InChI=1S/C24H36BFN2O4/c1-14(2)19-23(6,7)32-25(31-19)17-12-15(13-27-20(17)26)16-10-9-11-24(8)18(16)28(24)21(29)30-22(3,4)5/h12-14,16,18-19H,9-11H2,1-8H3. The molecule has 0 spiro atoms. The lowest BCUT2D eigenvalue weighted by Crippen LogP contribution is -2.38. The summed E-state index contributed by atoms with van der Waals surface area (Å²) in [6.45, 7) is 15.8. The summed E-state index contributed by atoms with van der Waals surface area (Å²) in [5.41, 5.74) is -0.0488. The lowest BCUT2D eigenvalue weighted by Gasteiger charge is -2.28. The Bertz CT molecular complexity index is 902. The SMILES string of the molecule is CC(C)C1OB(c2cc(C3CCCC4(C)C3N4C(=O)OC(C)(C)C)cnc2F)OC1(C)C. The van der Waals surface area contributed by atoms with Gasteiger partial charge >= 0.3 is 13.2 Å². The molecule has 4 unspecified atom stereocenters. The molecule has 3 fully saturated rings. The van der Waals surface area contributed by atoms with Crippen LogP contribution in [-0.4, -0.2) is 52.0 Å². The monoisotopic (exact) mass is 446 g/mol. The third-order valence-corrected chi connectivity index (χ3v) is 7.11. The Hall–Kier alpha value is -1.67. The Balaban J connectivity index is 1.59. The molecule has 1 aromatic heterocycles. The first-order valence-corrected chi connectivity index (χ1v) is 11.8. The van der Waals surface area contributed by atoms with Crippen molar-refractivity contribution in [2.45, 2.75) is 109 Å². The third kappa shape index (κ3) is 4.05. The van der Waals surface area contributed by atoms with E-state index in [1.54, 1.807) is 6.20 Å². The van der Waals surface area contributed by atoms with Crippen LogP contribution in [0.25, 0.3) is 0 Å². The van der Waals surface area contributed by atoms with Gasteiger partial charge in [-0.1, -0.05) is 26.3 Å². The van der Waals surface area contributed by atoms with Gasteiger partial charge in [0.05, 0.1) is 23.3 Å². The van der Waals surface area contributed by atoms with E-state index in [1.807, 2.05) is 45.6 Å². The summed E-state index contributed by atoms with van der Waals surface area (Å²) in [6.07, 6.45) is 4.02. The van der Waals surface area contributed by atoms with Crippen LogP contribution in [0.1, 0.15) is 86.1 Å². The highest BCUT2D eigenvalue weighted by Crippen LogP contribution is 2.57. The second kappa shape index (κ2) is 7.69. The molecular weight excluding hydrogens is 410 g/mol. The first kappa shape index (κ1) is 23.5. The van der Waals surface area contributed by atoms with Gasteiger partial charge in [0.1, 0.15) is 5.60 Å². The number of amides is 1. The van der Waals surface area contributed by atoms with Crippen LogP contribution in [0, 0.1) is 11.9 Å². The molecule has 0 N–H and O–H groups in total. The number of pyridine rings is 1. The van der Waals surface area contributed by atoms with Crippen molar-refractivity contribution < 1.29 is 23.2 Å². The highest BCUT2D eigenvalue weighted by atomic mass is 19.1. The van der Waals surface area contributed by atoms with Crippen molar-refractivity contribution in [1.82, 2.24) is 9.88 Å². The van der Waals surface area contributed by atoms with Crippen molar-refractivity contribution >= 4 is 18.7 Å². The van der Waals surface area contributed by atoms with Crippen LogP contribution in [0.15, 0.2) is 12.3 Å². The number of fused-ring (bicyclic) bond motifs is 1. The molecule has 3 heterocycles. The van der Waals surface area contributed by atoms with Crippen LogP contribution < -0.4 is 5.46 Å². The molecule has 176 valence electrons. The van der Waals surface area contributed by atoms with Gasteiger partial charge < -0.3 is 14.0 Å². The summed E-state index contributed by atoms with van der Waals surface area (Å²) in [7, 11) is -0.791. The zero-order chi connectivity index (χ0) is 23.6. The molecule has 1 saturated carbocycles. The van der Waals surface area contributed by atoms with E-state index in [9.17, 15) is 9.18 Å². The number of halogens is 1. The lowest BCUT2D eigenvalue weighted by molar-refractivity contribution is 0.0371. The Labute approximate surface area is 191 Å². The van der Waals surface area contributed by atoms with Crippen LogP contribution in [0.2, 0.25) is 0 Å². The number of ether oxygens (including phenoxy) is 1. The Morgan fingerprint density at radius 3 is 2.62 bits per heavy atom. The van der Waals surface area contributed by atoms with E-state index >= 15 is 0 Å². The van der Waals surface area contributed by atoms with E-state index in [0.717, 1.165) is 24.8 Å². The van der Waals surface area contributed by atoms with Crippen LogP contribution in [-0.2, 0) is 14.0 Å². The van der Waals surface area contributed by atoms with Crippen molar-refractivity contribution in [2.24, 2.45) is 5.92 Å². The van der Waals surface area contributed by atoms with Crippen molar-refractivity contribution in [3.8, 4) is 0 Å². The van der Waals surface area contributed by atoms with Crippen LogP contribution in [0.3, 0.4) is 0 Å². The predicted molar refractivity (Wildman–Crippen MR) is 121 cm³/mol. The van der Waals surface area contributed by atoms with E-state index in [2.05, 4.69) is 25.8 Å². The average molecular weight is 446 g/mol. The molecule has 0 radical (unpaired) electrons. The van der Waals surface area contributed by atoms with Gasteiger partial charge in [0.25, 0.3) is 0 Å². The maximum absolute atomic E-state index is 14.8. The van der Waals surface area contributed by atoms with Crippen molar-refractivity contribution in [1.29, 1.82) is 0 Å². The van der Waals surface area contributed by atoms with Gasteiger partial charge in [0, 0.05) is 17.6 Å². The summed E-state index contributed by atoms with van der Waals surface area (Å²) in [4.78, 5) is 18.8. The number of nitrogens with zero attached hydrogens (tertiary/aromatic N) is 2. The molecule has 1 amide bonds. The van der Waals surface area contributed by atoms with E-state index in [-0.39, 0.29) is 35.6 Å². The molecule has 2 saturated heterocycles. The van der Waals surface area contributed by atoms with Gasteiger partial charge in [0.15, 0.2) is 0 Å². The molecule has 0 aromatic carbocycles. The Kier molecular flexibility index (Phi) is 5.65. The molecule has 1 aliphatic carbocycles. The highest BCUT2D eigenvalue weighted by Gasteiger charge is 2.67. The van der Waals surface area contributed by atoms with Gasteiger partial charge in [0.2, 0.25) is 5.95 Å². The van der Waals surface area contributed by atoms with Crippen LogP contribution in [0.4, 0.5) is 9.18 Å². The number of carbonyl (C=O) groups is 1. The largest absolute Gasteiger partial charge is 0.499 e. The molecule has 1 aromatic rings. The third-order valence-electron chi connectivity index (χ3n) is 7.11. The number of hydrogen-bond donors (Lipinski definition) is 0. The predicted octanol–water partition coefficient (Wildman–Crippen LogP) is 4.41. The fraction of sp³-hybridized carbons (Fsp3) is 0.750. The molecule has 8 heteroatoms. The first-order valence-electron chi connectivity index (χ1n) is 11.8. The van der Waals surface area contributed by atoms with Gasteiger partial charge in [-0.3, -0.25) is 4.90 Å². The van der Waals surface area contributed by atoms with E-state index in [0.29, 0.717) is 5.46 Å². The topological polar surface area (TPSA) is 60.7 Å². The number of likely N-dealkylation sites (tertiary alicyclic amines) is 1. The highest BCUT2D eigenvalue weighted by molar-refractivity contribution is 6.62. The van der Waals surface area contributed by atoms with E-state index in [4.69, 9.17) is 14.0 Å². The van der Waals surface area contributed by atoms with Crippen LogP contribution >= 0.6 is 0 Å². The molecule has 4 atom stereocenters. The van der Waals surface area contributed by atoms with Crippen LogP contribution in [0.5, 0.6) is 0 Å². The first-order chi connectivity index (χ1) is 14.7. The summed E-state index contributed by atoms with van der Waals surface area (Å²) in [6, 6.07) is 1.85. The lowest BCUT2D eigenvalue weighted by atomic mass is 9.75. The zero-order valence-corrected chi connectivity index (χ0v) is 20.6. The molecular formula is C24H36BFN2O4. The minimum Gasteiger partial charge on any atom is -0.444 e. The number of carbonyl (C=O) groups excluding carboxylic acids is 1. The molecule has 4 rings (SSSR count). The average Bonchev–Trinajstić information content (AvgIpc) is 3.17. The van der Waals surface area contributed by atoms with Gasteiger partial charge in [-0.05, 0) is 65.9 Å². The summed E-state index contributed by atoms with van der Waals surface area (Å²) < 4.78 is 32.7. The van der Waals surface area contributed by atoms with Crippen molar-refractivity contribution in [3.05, 3.63) is 23.8 Å². The normalized spacial score (nSPS) is 31.6. The fourth-order valence-electron chi connectivity index (χ4n) is 5.77. The summed E-state index contributed by atoms with van der Waals surface area (Å²) >= 11 is 0. The Morgan fingerprint density at radius 1 is 1.34 bits per heavy atom. The maximum Gasteiger partial charge on any atom is 0.499 e. The zero-order valence-electron chi connectivity index (χ0n) is 20.6. The molecule has 3 aliphatic rings. The Morgan fingerprint density at radius 2 is 2.03 bits per heavy atom. The number of aromatic nitrogens is 1. The number of hydrogen-bond acceptors (Lipinski definition) is 5. The smallest absolute Gasteiger partial charge is 0.444 e. The second-order valence-electron chi connectivity index (χ2n) is 11.7. The second-order valence-corrected chi connectivity index (χ2v) is 11.7. The van der Waals surface area contributed by atoms with Crippen molar-refractivity contribution in [2.75, 3.05) is 0 Å². The fourth-order valence-corrected chi connectivity index (χ4v) is 5.77. The summed E-state index contributed by atoms with van der Waals surface area (Å²) in [5.74, 6) is -0.261. The minimum atomic E-state index is -0.791. The van der Waals surface area contributed by atoms with Gasteiger partial charge in [-0.15, -0.1) is 0 Å². The maximum atomic E-state index is 14.8. The molecule has 2 aliphatic heterocycles. The molecule has 6 nitrogen and oxygen atoms in total. The quantitative estimate of drug-likeness (QED) is 0.391. The molecule has 0 bridgehead atoms. The van der Waals surface area contributed by atoms with Crippen molar-refractivity contribution in [3.63, 3.8) is 0 Å². The van der Waals surface area contributed by atoms with Gasteiger partial charge in [-0.2, -0.15) is 4.39 Å². The van der Waals surface area contributed by atoms with E-state index in [1.165, 1.54) is 0 Å². The molecule has 32 heavy (non-hydrogen) atoms. The number of rotatable bonds is 3. The minimum absolute atomic E-state index is 0.0245. The summed E-state index contributed by atoms with van der Waals surface area (Å²) in [5, 5.41) is 0. The van der Waals surface area contributed by atoms with E-state index < -0.39 is 24.3 Å². The van der Waals surface area contributed by atoms with Gasteiger partial charge in [-0.25, -0.2) is 9.78 Å².